The zero-order valence-electron chi connectivity index (χ0n) is 26.2. The third-order valence-corrected chi connectivity index (χ3v) is 8.70. The van der Waals surface area contributed by atoms with E-state index in [-0.39, 0.29) is 0 Å². The highest BCUT2D eigenvalue weighted by atomic mass is 15.1. The van der Waals surface area contributed by atoms with E-state index >= 15 is 0 Å². The zero-order chi connectivity index (χ0) is 27.6. The second-order valence-corrected chi connectivity index (χ2v) is 12.3. The molecule has 0 unspecified atom stereocenters. The minimum absolute atomic E-state index is 0.694. The van der Waals surface area contributed by atoms with E-state index in [1.807, 2.05) is 0 Å². The molecule has 2 rings (SSSR count). The number of aromatic amines is 1. The van der Waals surface area contributed by atoms with Crippen molar-refractivity contribution in [2.45, 2.75) is 180 Å². The molecule has 1 aromatic carbocycles. The molecule has 0 bridgehead atoms. The first-order chi connectivity index (χ1) is 19.3. The van der Waals surface area contributed by atoms with Crippen LogP contribution in [-0.2, 0) is 13.0 Å². The number of nitrogens with zero attached hydrogens (tertiary/aromatic N) is 1. The first kappa shape index (κ1) is 33.6. The van der Waals surface area contributed by atoms with E-state index in [0.29, 0.717) is 5.92 Å². The number of unbranched alkanes of at least 4 members (excludes halogenated alkanes) is 18. The maximum absolute atomic E-state index is 3.69. The summed E-state index contributed by atoms with van der Waals surface area (Å²) in [5.41, 5.74) is 1.46. The molecule has 1 N–H and O–H groups in total. The second kappa shape index (κ2) is 24.2. The van der Waals surface area contributed by atoms with Gasteiger partial charge in [-0.25, -0.2) is 9.55 Å². The largest absolute Gasteiger partial charge is 0.257 e. The van der Waals surface area contributed by atoms with Crippen molar-refractivity contribution in [3.05, 3.63) is 54.1 Å². The number of aryl methyl sites for hydroxylation is 2. The van der Waals surface area contributed by atoms with Crippen LogP contribution in [0.25, 0.3) is 0 Å². The predicted molar refractivity (Wildman–Crippen MR) is 171 cm³/mol. The van der Waals surface area contributed by atoms with E-state index in [4.69, 9.17) is 0 Å². The first-order valence-electron chi connectivity index (χ1n) is 17.5. The fourth-order valence-electron chi connectivity index (χ4n) is 6.20. The Bertz CT molecular complexity index is 765. The fourth-order valence-corrected chi connectivity index (χ4v) is 6.20. The number of rotatable bonds is 27. The third kappa shape index (κ3) is 17.0. The van der Waals surface area contributed by atoms with E-state index in [9.17, 15) is 0 Å². The smallest absolute Gasteiger partial charge is 0.247 e. The van der Waals surface area contributed by atoms with Gasteiger partial charge in [-0.1, -0.05) is 173 Å². The van der Waals surface area contributed by atoms with Gasteiger partial charge in [0.15, 0.2) is 0 Å². The molecule has 0 saturated carbocycles. The van der Waals surface area contributed by atoms with Gasteiger partial charge in [0.2, 0.25) is 0 Å². The van der Waals surface area contributed by atoms with Gasteiger partial charge in [-0.2, -0.15) is 0 Å². The molecule has 0 radical (unpaired) electrons. The van der Waals surface area contributed by atoms with Crippen LogP contribution in [-0.4, -0.2) is 4.98 Å². The van der Waals surface area contributed by atoms with Crippen LogP contribution in [0.3, 0.4) is 0 Å². The number of hydrogen-bond acceptors (Lipinski definition) is 0. The van der Waals surface area contributed by atoms with Crippen LogP contribution >= 0.6 is 0 Å². The number of imidazole rings is 1. The minimum Gasteiger partial charge on any atom is -0.247 e. The monoisotopic (exact) mass is 538 g/mol. The van der Waals surface area contributed by atoms with Gasteiger partial charge >= 0.3 is 0 Å². The normalized spacial score (nSPS) is 12.3. The fraction of sp³-hybridized carbons (Fsp3) is 0.757. The van der Waals surface area contributed by atoms with Gasteiger partial charge in [0.05, 0.1) is 12.5 Å². The number of hydrogen-bond donors (Lipinski definition) is 1. The Hall–Kier alpha value is -1.57. The van der Waals surface area contributed by atoms with Gasteiger partial charge in [-0.15, -0.1) is 0 Å². The van der Waals surface area contributed by atoms with E-state index in [0.717, 1.165) is 6.54 Å². The van der Waals surface area contributed by atoms with Gasteiger partial charge < -0.3 is 0 Å². The highest BCUT2D eigenvalue weighted by molar-refractivity contribution is 5.14. The van der Waals surface area contributed by atoms with Crippen LogP contribution in [0.2, 0.25) is 0 Å². The van der Waals surface area contributed by atoms with E-state index in [1.165, 1.54) is 165 Å². The Morgan fingerprint density at radius 1 is 0.564 bits per heavy atom. The number of benzene rings is 1. The van der Waals surface area contributed by atoms with Gasteiger partial charge in [-0.05, 0) is 31.2 Å². The Kier molecular flexibility index (Phi) is 20.9. The van der Waals surface area contributed by atoms with Crippen molar-refractivity contribution >= 4 is 0 Å². The summed E-state index contributed by atoms with van der Waals surface area (Å²) in [6.45, 7) is 5.74. The lowest BCUT2D eigenvalue weighted by Gasteiger charge is -2.14. The zero-order valence-corrected chi connectivity index (χ0v) is 26.2. The molecule has 2 nitrogen and oxygen atoms in total. The van der Waals surface area contributed by atoms with Crippen LogP contribution in [0.4, 0.5) is 0 Å². The number of H-pyrrole nitrogens is 1. The Morgan fingerprint density at radius 2 is 1.03 bits per heavy atom. The van der Waals surface area contributed by atoms with Crippen molar-refractivity contribution in [2.75, 3.05) is 0 Å². The molecule has 1 atom stereocenters. The molecule has 0 aliphatic rings. The SMILES string of the molecule is CCCCCCCCCCCCCC[C@H](CCCCCCCCCC)c1[nH]cc[n+]1CCCc1ccccc1. The standard InChI is InChI=1S/C37H64N2/c1-3-5-7-9-11-13-14-15-16-18-20-25-31-36(30-24-19-17-12-10-8-6-4-2)37-38-32-34-39(37)33-26-29-35-27-22-21-23-28-35/h21-23,27-28,32,34,36H,3-20,24-26,29-31,33H2,1-2H3/p+1/t36-/m0/s1. The van der Waals surface area contributed by atoms with Crippen LogP contribution in [0.15, 0.2) is 42.7 Å². The van der Waals surface area contributed by atoms with Crippen LogP contribution in [0.5, 0.6) is 0 Å². The van der Waals surface area contributed by atoms with Gasteiger partial charge in [-0.3, -0.25) is 0 Å². The summed E-state index contributed by atoms with van der Waals surface area (Å²) >= 11 is 0. The van der Waals surface area contributed by atoms with Gasteiger partial charge in [0, 0.05) is 0 Å². The van der Waals surface area contributed by atoms with Crippen molar-refractivity contribution in [1.29, 1.82) is 0 Å². The Balaban J connectivity index is 1.71. The van der Waals surface area contributed by atoms with Crippen molar-refractivity contribution in [2.24, 2.45) is 0 Å². The summed E-state index contributed by atoms with van der Waals surface area (Å²) in [5, 5.41) is 0. The summed E-state index contributed by atoms with van der Waals surface area (Å²) in [4.78, 5) is 3.69. The average Bonchev–Trinajstić information content (AvgIpc) is 3.43. The molecule has 39 heavy (non-hydrogen) atoms. The molecule has 0 aliphatic carbocycles. The van der Waals surface area contributed by atoms with Crippen molar-refractivity contribution in [3.8, 4) is 0 Å². The van der Waals surface area contributed by atoms with Crippen LogP contribution in [0, 0.1) is 0 Å². The second-order valence-electron chi connectivity index (χ2n) is 12.3. The number of nitrogens with one attached hydrogen (secondary N) is 1. The molecule has 1 heterocycles. The van der Waals surface area contributed by atoms with Crippen molar-refractivity contribution in [1.82, 2.24) is 4.98 Å². The lowest BCUT2D eigenvalue weighted by atomic mass is 9.93. The molecule has 2 heteroatoms. The molecule has 0 spiro atoms. The third-order valence-electron chi connectivity index (χ3n) is 8.70. The molecular formula is C37H65N2+. The lowest BCUT2D eigenvalue weighted by Crippen LogP contribution is -2.37. The van der Waals surface area contributed by atoms with E-state index < -0.39 is 0 Å². The summed E-state index contributed by atoms with van der Waals surface area (Å²) in [6.07, 6.45) is 38.1. The summed E-state index contributed by atoms with van der Waals surface area (Å²) in [6, 6.07) is 11.0. The maximum atomic E-state index is 3.69. The van der Waals surface area contributed by atoms with Gasteiger partial charge in [0.1, 0.15) is 12.4 Å². The summed E-state index contributed by atoms with van der Waals surface area (Å²) < 4.78 is 2.54. The Morgan fingerprint density at radius 3 is 1.51 bits per heavy atom. The highest BCUT2D eigenvalue weighted by Gasteiger charge is 2.22. The number of aromatic nitrogens is 2. The maximum Gasteiger partial charge on any atom is 0.257 e. The summed E-state index contributed by atoms with van der Waals surface area (Å²) in [5.74, 6) is 2.19. The first-order valence-corrected chi connectivity index (χ1v) is 17.5. The summed E-state index contributed by atoms with van der Waals surface area (Å²) in [7, 11) is 0. The van der Waals surface area contributed by atoms with Crippen LogP contribution < -0.4 is 4.57 Å². The quantitative estimate of drug-likeness (QED) is 0.0863. The van der Waals surface area contributed by atoms with Crippen LogP contribution in [0.1, 0.15) is 179 Å². The molecule has 0 saturated heterocycles. The molecule has 0 aliphatic heterocycles. The average molecular weight is 538 g/mol. The molecular weight excluding hydrogens is 472 g/mol. The van der Waals surface area contributed by atoms with Crippen molar-refractivity contribution in [3.63, 3.8) is 0 Å². The molecule has 2 aromatic rings. The van der Waals surface area contributed by atoms with Crippen molar-refractivity contribution < 1.29 is 4.57 Å². The lowest BCUT2D eigenvalue weighted by molar-refractivity contribution is -0.704. The minimum atomic E-state index is 0.694. The van der Waals surface area contributed by atoms with E-state index in [1.54, 1.807) is 0 Å². The molecule has 0 amide bonds. The topological polar surface area (TPSA) is 19.7 Å². The highest BCUT2D eigenvalue weighted by Crippen LogP contribution is 2.26. The van der Waals surface area contributed by atoms with E-state index in [2.05, 4.69) is 66.1 Å². The molecule has 1 aromatic heterocycles. The molecule has 0 fully saturated rings. The Labute approximate surface area is 243 Å². The van der Waals surface area contributed by atoms with Gasteiger partial charge in [0.25, 0.3) is 5.82 Å². The molecule has 222 valence electrons. The predicted octanol–water partition coefficient (Wildman–Crippen LogP) is 11.6.